The standard InChI is InChI=1S/C33H42ClN5O5/c1-3-38(18-8-20-43-29-11-6-7-19-42-29)33(41)30-31(35-22-40)37-32(39(30)21-24-12-14-25(34)15-13-24)27-16-17-28(36-23(27)2)44-26-9-4-5-10-26/h12-17,22,26,29H,3-11,18-21H2,1-2H3,(H,35,40). The highest BCUT2D eigenvalue weighted by molar-refractivity contribution is 6.30. The van der Waals surface area contributed by atoms with Gasteiger partial charge in [-0.15, -0.1) is 0 Å². The van der Waals surface area contributed by atoms with Crippen LogP contribution in [0.5, 0.6) is 5.88 Å². The molecule has 0 spiro atoms. The van der Waals surface area contributed by atoms with E-state index in [2.05, 4.69) is 5.32 Å². The van der Waals surface area contributed by atoms with E-state index >= 15 is 0 Å². The van der Waals surface area contributed by atoms with Crippen LogP contribution in [-0.2, 0) is 20.8 Å². The second-order valence-corrected chi connectivity index (χ2v) is 11.8. The van der Waals surface area contributed by atoms with E-state index < -0.39 is 0 Å². The van der Waals surface area contributed by atoms with Crippen LogP contribution in [0, 0.1) is 6.92 Å². The quantitative estimate of drug-likeness (QED) is 0.167. The molecular weight excluding hydrogens is 582 g/mol. The molecule has 10 nitrogen and oxygen atoms in total. The van der Waals surface area contributed by atoms with Gasteiger partial charge in [-0.2, -0.15) is 0 Å². The minimum absolute atomic E-state index is 0.173. The van der Waals surface area contributed by atoms with Crippen molar-refractivity contribution in [3.05, 3.63) is 58.4 Å². The van der Waals surface area contributed by atoms with Crippen molar-refractivity contribution in [2.75, 3.05) is 31.6 Å². The predicted octanol–water partition coefficient (Wildman–Crippen LogP) is 6.24. The van der Waals surface area contributed by atoms with Crippen molar-refractivity contribution in [1.82, 2.24) is 19.4 Å². The highest BCUT2D eigenvalue weighted by atomic mass is 35.5. The lowest BCUT2D eigenvalue weighted by Gasteiger charge is -2.25. The van der Waals surface area contributed by atoms with Crippen LogP contribution >= 0.6 is 11.6 Å². The summed E-state index contributed by atoms with van der Waals surface area (Å²) >= 11 is 6.17. The Balaban J connectivity index is 1.45. The summed E-state index contributed by atoms with van der Waals surface area (Å²) in [6.45, 7) is 6.35. The number of aromatic nitrogens is 3. The third-order valence-corrected chi connectivity index (χ3v) is 8.45. The van der Waals surface area contributed by atoms with Gasteiger partial charge in [-0.3, -0.25) is 9.59 Å². The van der Waals surface area contributed by atoms with Gasteiger partial charge < -0.3 is 29.0 Å². The Bertz CT molecular complexity index is 1400. The van der Waals surface area contributed by atoms with E-state index in [0.717, 1.165) is 49.8 Å². The van der Waals surface area contributed by atoms with Crippen LogP contribution in [0.4, 0.5) is 5.82 Å². The highest BCUT2D eigenvalue weighted by Gasteiger charge is 2.29. The summed E-state index contributed by atoms with van der Waals surface area (Å²) in [6, 6.07) is 11.2. The van der Waals surface area contributed by atoms with Gasteiger partial charge in [-0.25, -0.2) is 9.97 Å². The lowest BCUT2D eigenvalue weighted by Crippen LogP contribution is -2.35. The minimum Gasteiger partial charge on any atom is -0.474 e. The monoisotopic (exact) mass is 623 g/mol. The molecule has 1 atom stereocenters. The van der Waals surface area contributed by atoms with E-state index in [1.165, 1.54) is 12.8 Å². The van der Waals surface area contributed by atoms with Gasteiger partial charge in [-0.1, -0.05) is 23.7 Å². The molecule has 0 bridgehead atoms. The number of carbonyl (C=O) groups excluding carboxylic acids is 2. The van der Waals surface area contributed by atoms with Crippen LogP contribution in [0.1, 0.15) is 80.0 Å². The lowest BCUT2D eigenvalue weighted by atomic mass is 10.1. The number of hydrogen-bond acceptors (Lipinski definition) is 7. The zero-order chi connectivity index (χ0) is 30.9. The van der Waals surface area contributed by atoms with Crippen molar-refractivity contribution in [1.29, 1.82) is 0 Å². The molecule has 2 aliphatic rings. The van der Waals surface area contributed by atoms with Crippen molar-refractivity contribution >= 4 is 29.7 Å². The number of rotatable bonds is 14. The van der Waals surface area contributed by atoms with Crippen LogP contribution in [0.25, 0.3) is 11.4 Å². The van der Waals surface area contributed by atoms with Crippen molar-refractivity contribution < 1.29 is 23.8 Å². The fourth-order valence-corrected chi connectivity index (χ4v) is 5.97. The fraction of sp³-hybridized carbons (Fsp3) is 0.515. The first kappa shape index (κ1) is 31.9. The van der Waals surface area contributed by atoms with Gasteiger partial charge in [0, 0.05) is 42.9 Å². The molecule has 1 saturated heterocycles. The molecule has 1 aliphatic carbocycles. The molecule has 1 unspecified atom stereocenters. The number of amides is 2. The second-order valence-electron chi connectivity index (χ2n) is 11.3. The maximum absolute atomic E-state index is 14.2. The summed E-state index contributed by atoms with van der Waals surface area (Å²) in [5.74, 6) is 1.07. The maximum atomic E-state index is 14.2. The van der Waals surface area contributed by atoms with Crippen molar-refractivity contribution in [2.45, 2.75) is 84.2 Å². The summed E-state index contributed by atoms with van der Waals surface area (Å²) in [5, 5.41) is 3.30. The van der Waals surface area contributed by atoms with Crippen LogP contribution in [0.2, 0.25) is 5.02 Å². The summed E-state index contributed by atoms with van der Waals surface area (Å²) < 4.78 is 19.6. The number of carbonyl (C=O) groups is 2. The largest absolute Gasteiger partial charge is 0.474 e. The molecule has 236 valence electrons. The molecule has 2 fully saturated rings. The highest BCUT2D eigenvalue weighted by Crippen LogP contribution is 2.32. The van der Waals surface area contributed by atoms with Crippen LogP contribution in [0.3, 0.4) is 0 Å². The lowest BCUT2D eigenvalue weighted by molar-refractivity contribution is -0.162. The SMILES string of the molecule is CCN(CCCOC1CCCCO1)C(=O)c1c(NC=O)nc(-c2ccc(OC3CCCC3)nc2C)n1Cc1ccc(Cl)cc1. The number of aryl methyl sites for hydroxylation is 1. The first-order valence-electron chi connectivity index (χ1n) is 15.7. The number of ether oxygens (including phenoxy) is 3. The number of nitrogens with one attached hydrogen (secondary N) is 1. The van der Waals surface area contributed by atoms with Crippen molar-refractivity contribution in [2.24, 2.45) is 0 Å². The minimum atomic E-state index is -0.231. The van der Waals surface area contributed by atoms with Gasteiger partial charge in [0.25, 0.3) is 5.91 Å². The number of anilines is 1. The van der Waals surface area contributed by atoms with Gasteiger partial charge >= 0.3 is 0 Å². The molecule has 1 saturated carbocycles. The molecule has 2 aromatic heterocycles. The molecule has 0 radical (unpaired) electrons. The number of halogens is 1. The first-order chi connectivity index (χ1) is 21.5. The Kier molecular flexibility index (Phi) is 11.3. The molecule has 3 heterocycles. The van der Waals surface area contributed by atoms with E-state index in [1.54, 1.807) is 4.90 Å². The third-order valence-electron chi connectivity index (χ3n) is 8.19. The van der Waals surface area contributed by atoms with E-state index in [0.29, 0.717) is 67.2 Å². The van der Waals surface area contributed by atoms with Crippen molar-refractivity contribution in [3.63, 3.8) is 0 Å². The molecule has 1 aliphatic heterocycles. The number of nitrogens with zero attached hydrogens (tertiary/aromatic N) is 4. The van der Waals surface area contributed by atoms with Gasteiger partial charge in [0.05, 0.1) is 12.3 Å². The van der Waals surface area contributed by atoms with Crippen LogP contribution in [-0.4, -0.2) is 70.4 Å². The summed E-state index contributed by atoms with van der Waals surface area (Å²) in [7, 11) is 0. The average Bonchev–Trinajstić information content (AvgIpc) is 3.67. The van der Waals surface area contributed by atoms with Crippen LogP contribution in [0.15, 0.2) is 36.4 Å². The number of pyridine rings is 1. The smallest absolute Gasteiger partial charge is 0.274 e. The molecule has 2 amide bonds. The summed E-state index contributed by atoms with van der Waals surface area (Å²) in [4.78, 5) is 37.2. The Morgan fingerprint density at radius 3 is 2.57 bits per heavy atom. The number of hydrogen-bond donors (Lipinski definition) is 1. The number of imidazole rings is 1. The van der Waals surface area contributed by atoms with Crippen molar-refractivity contribution in [3.8, 4) is 17.3 Å². The van der Waals surface area contributed by atoms with Crippen LogP contribution < -0.4 is 10.1 Å². The Morgan fingerprint density at radius 2 is 1.89 bits per heavy atom. The molecule has 1 aromatic carbocycles. The molecule has 5 rings (SSSR count). The van der Waals surface area contributed by atoms with Gasteiger partial charge in [-0.05, 0) is 89.0 Å². The summed E-state index contributed by atoms with van der Waals surface area (Å²) in [5.41, 5.74) is 2.69. The van der Waals surface area contributed by atoms with E-state index in [1.807, 2.05) is 54.8 Å². The normalized spacial score (nSPS) is 17.0. The van der Waals surface area contributed by atoms with Gasteiger partial charge in [0.1, 0.15) is 11.9 Å². The van der Waals surface area contributed by atoms with E-state index in [4.69, 9.17) is 35.8 Å². The van der Waals surface area contributed by atoms with E-state index in [9.17, 15) is 9.59 Å². The molecule has 1 N–H and O–H groups in total. The molecule has 11 heteroatoms. The molecule has 3 aromatic rings. The maximum Gasteiger partial charge on any atom is 0.274 e. The van der Waals surface area contributed by atoms with Gasteiger partial charge in [0.2, 0.25) is 12.3 Å². The Labute approximate surface area is 264 Å². The predicted molar refractivity (Wildman–Crippen MR) is 169 cm³/mol. The Morgan fingerprint density at radius 1 is 1.11 bits per heavy atom. The molecular formula is C33H42ClN5O5. The molecule has 44 heavy (non-hydrogen) atoms. The third kappa shape index (κ3) is 7.97. The zero-order valence-electron chi connectivity index (χ0n) is 25.6. The van der Waals surface area contributed by atoms with E-state index in [-0.39, 0.29) is 24.1 Å². The average molecular weight is 624 g/mol. The number of benzene rings is 1. The summed E-state index contributed by atoms with van der Waals surface area (Å²) in [6.07, 6.45) is 8.69. The zero-order valence-corrected chi connectivity index (χ0v) is 26.4. The Hall–Kier alpha value is -3.47. The van der Waals surface area contributed by atoms with Gasteiger partial charge in [0.15, 0.2) is 17.8 Å². The fourth-order valence-electron chi connectivity index (χ4n) is 5.84. The second kappa shape index (κ2) is 15.5. The topological polar surface area (TPSA) is 108 Å². The first-order valence-corrected chi connectivity index (χ1v) is 16.1.